The largest absolute Gasteiger partial charge is 0.351 e. The van der Waals surface area contributed by atoms with E-state index in [2.05, 4.69) is 67.1 Å². The Balaban J connectivity index is 1.33. The van der Waals surface area contributed by atoms with Crippen LogP contribution in [0.1, 0.15) is 5.56 Å². The van der Waals surface area contributed by atoms with Gasteiger partial charge in [-0.15, -0.1) is 0 Å². The SMILES string of the molecule is C=CSN1CCN(Cc2ccc(-c3[nH]c4cc5ncnc5cc4nc3-c3ccccc3)cc2)CC1. The van der Waals surface area contributed by atoms with E-state index in [1.54, 1.807) is 18.3 Å². The van der Waals surface area contributed by atoms with Crippen LogP contribution in [0.15, 0.2) is 85.0 Å². The molecule has 1 N–H and O–H groups in total. The summed E-state index contributed by atoms with van der Waals surface area (Å²) in [6, 6.07) is 23.2. The minimum Gasteiger partial charge on any atom is -0.351 e. The van der Waals surface area contributed by atoms with Crippen LogP contribution in [0.25, 0.3) is 44.6 Å². The predicted molar refractivity (Wildman–Crippen MR) is 145 cm³/mol. The fourth-order valence-electron chi connectivity index (χ4n) is 4.64. The highest BCUT2D eigenvalue weighted by atomic mass is 32.2. The molecule has 7 heteroatoms. The summed E-state index contributed by atoms with van der Waals surface area (Å²) in [6.45, 7) is 9.06. The molecule has 174 valence electrons. The number of aromatic amines is 1. The van der Waals surface area contributed by atoms with Crippen molar-refractivity contribution in [1.82, 2.24) is 29.1 Å². The normalized spacial score (nSPS) is 15.1. The van der Waals surface area contributed by atoms with Crippen molar-refractivity contribution < 1.29 is 0 Å². The molecule has 6 rings (SSSR count). The van der Waals surface area contributed by atoms with Crippen LogP contribution >= 0.6 is 11.9 Å². The molecule has 1 aliphatic heterocycles. The van der Waals surface area contributed by atoms with Crippen molar-refractivity contribution in [3.05, 3.63) is 90.6 Å². The number of hydrogen-bond acceptors (Lipinski definition) is 6. The minimum absolute atomic E-state index is 0.860. The van der Waals surface area contributed by atoms with Gasteiger partial charge in [0.2, 0.25) is 0 Å². The van der Waals surface area contributed by atoms with Crippen LogP contribution in [-0.4, -0.2) is 55.3 Å². The van der Waals surface area contributed by atoms with E-state index in [4.69, 9.17) is 4.98 Å². The topological polar surface area (TPSA) is 60.9 Å². The maximum atomic E-state index is 5.07. The van der Waals surface area contributed by atoms with E-state index in [0.717, 1.165) is 77.3 Å². The fraction of sp³-hybridized carbons (Fsp3) is 0.179. The molecule has 2 aromatic heterocycles. The van der Waals surface area contributed by atoms with E-state index in [1.165, 1.54) is 5.56 Å². The summed E-state index contributed by atoms with van der Waals surface area (Å²) < 4.78 is 2.37. The quantitative estimate of drug-likeness (QED) is 0.314. The average Bonchev–Trinajstić information content (AvgIpc) is 3.36. The molecule has 3 aromatic carbocycles. The lowest BCUT2D eigenvalue weighted by atomic mass is 10.0. The van der Waals surface area contributed by atoms with Gasteiger partial charge in [-0.2, -0.15) is 0 Å². The Morgan fingerprint density at radius 2 is 1.60 bits per heavy atom. The van der Waals surface area contributed by atoms with Gasteiger partial charge in [-0.25, -0.2) is 19.3 Å². The second kappa shape index (κ2) is 9.62. The molecule has 0 unspecified atom stereocenters. The van der Waals surface area contributed by atoms with Gasteiger partial charge in [-0.05, 0) is 23.1 Å². The number of benzene rings is 3. The zero-order valence-corrected chi connectivity index (χ0v) is 20.2. The highest BCUT2D eigenvalue weighted by Crippen LogP contribution is 2.32. The number of piperazine rings is 1. The minimum atomic E-state index is 0.860. The van der Waals surface area contributed by atoms with Gasteiger partial charge in [0.25, 0.3) is 0 Å². The van der Waals surface area contributed by atoms with Crippen LogP contribution < -0.4 is 0 Å². The van der Waals surface area contributed by atoms with E-state index < -0.39 is 0 Å². The number of rotatable bonds is 6. The van der Waals surface area contributed by atoms with Crippen LogP contribution in [0, 0.1) is 0 Å². The molecule has 1 aliphatic rings. The first-order chi connectivity index (χ1) is 17.3. The van der Waals surface area contributed by atoms with E-state index in [0.29, 0.717) is 0 Å². The number of imidazole rings is 1. The molecule has 6 nitrogen and oxygen atoms in total. The highest BCUT2D eigenvalue weighted by molar-refractivity contribution is 7.99. The highest BCUT2D eigenvalue weighted by Gasteiger charge is 2.17. The molecule has 0 atom stereocenters. The van der Waals surface area contributed by atoms with Gasteiger partial charge in [0.1, 0.15) is 6.33 Å². The number of H-pyrrole nitrogens is 1. The van der Waals surface area contributed by atoms with Gasteiger partial charge < -0.3 is 4.98 Å². The Hall–Kier alpha value is -3.52. The number of hydrogen-bond donors (Lipinski definition) is 1. The zero-order chi connectivity index (χ0) is 23.6. The average molecular weight is 479 g/mol. The van der Waals surface area contributed by atoms with Crippen molar-refractivity contribution in [1.29, 1.82) is 0 Å². The standard InChI is InChI=1S/C28H26N6S/c1-2-35-34-14-12-33(13-15-34)18-20-8-10-22(11-9-20)28-27(21-6-4-3-5-7-21)31-25-16-23-24(30-19-29-23)17-26(25)32-28/h2-11,16-17,19,32H,1,12-15,18H2. The van der Waals surface area contributed by atoms with Gasteiger partial charge in [0.05, 0.1) is 33.5 Å². The van der Waals surface area contributed by atoms with Crippen molar-refractivity contribution in [2.45, 2.75) is 6.54 Å². The Kier molecular flexibility index (Phi) is 6.04. The molecule has 0 radical (unpaired) electrons. The van der Waals surface area contributed by atoms with Crippen molar-refractivity contribution in [2.75, 3.05) is 26.2 Å². The smallest absolute Gasteiger partial charge is 0.116 e. The lowest BCUT2D eigenvalue weighted by Crippen LogP contribution is -2.42. The van der Waals surface area contributed by atoms with Gasteiger partial charge in [0.15, 0.2) is 0 Å². The van der Waals surface area contributed by atoms with Crippen molar-refractivity contribution in [3.63, 3.8) is 0 Å². The number of fused-ring (bicyclic) bond motifs is 2. The molecule has 0 saturated carbocycles. The molecule has 0 aliphatic carbocycles. The third-order valence-electron chi connectivity index (χ3n) is 6.47. The van der Waals surface area contributed by atoms with Crippen molar-refractivity contribution >= 4 is 34.0 Å². The van der Waals surface area contributed by atoms with Gasteiger partial charge in [-0.1, -0.05) is 73.1 Å². The number of nitrogens with one attached hydrogen (secondary N) is 1. The Bertz CT molecular complexity index is 1470. The van der Waals surface area contributed by atoms with Gasteiger partial charge in [-0.3, -0.25) is 4.90 Å². The third kappa shape index (κ3) is 4.58. The summed E-state index contributed by atoms with van der Waals surface area (Å²) in [5.41, 5.74) is 9.01. The first kappa shape index (κ1) is 22.0. The van der Waals surface area contributed by atoms with E-state index in [-0.39, 0.29) is 0 Å². The Morgan fingerprint density at radius 1 is 0.857 bits per heavy atom. The van der Waals surface area contributed by atoms with E-state index >= 15 is 0 Å². The number of aromatic nitrogens is 4. The lowest BCUT2D eigenvalue weighted by Gasteiger charge is -2.33. The second-order valence-electron chi connectivity index (χ2n) is 8.73. The predicted octanol–water partition coefficient (Wildman–Crippen LogP) is 5.75. The fourth-order valence-corrected chi connectivity index (χ4v) is 5.22. The third-order valence-corrected chi connectivity index (χ3v) is 7.28. The van der Waals surface area contributed by atoms with Gasteiger partial charge in [0, 0.05) is 43.9 Å². The molecule has 3 heterocycles. The summed E-state index contributed by atoms with van der Waals surface area (Å²) in [5, 5.41) is 1.91. The Morgan fingerprint density at radius 3 is 2.34 bits per heavy atom. The summed E-state index contributed by atoms with van der Waals surface area (Å²) in [5.74, 6) is 0. The summed E-state index contributed by atoms with van der Waals surface area (Å²) in [6.07, 6.45) is 1.60. The number of nitrogens with zero attached hydrogens (tertiary/aromatic N) is 5. The summed E-state index contributed by atoms with van der Waals surface area (Å²) >= 11 is 1.72. The Labute approximate surface area is 208 Å². The maximum Gasteiger partial charge on any atom is 0.116 e. The monoisotopic (exact) mass is 478 g/mol. The molecule has 35 heavy (non-hydrogen) atoms. The molecule has 0 bridgehead atoms. The first-order valence-corrected chi connectivity index (χ1v) is 12.6. The summed E-state index contributed by atoms with van der Waals surface area (Å²) in [7, 11) is 0. The van der Waals surface area contributed by atoms with Crippen LogP contribution in [-0.2, 0) is 6.54 Å². The molecule has 1 saturated heterocycles. The molecule has 1 fully saturated rings. The molecule has 0 spiro atoms. The maximum absolute atomic E-state index is 5.07. The van der Waals surface area contributed by atoms with Crippen LogP contribution in [0.3, 0.4) is 0 Å². The lowest BCUT2D eigenvalue weighted by molar-refractivity contribution is 0.190. The van der Waals surface area contributed by atoms with Crippen LogP contribution in [0.2, 0.25) is 0 Å². The second-order valence-corrected chi connectivity index (χ2v) is 9.79. The van der Waals surface area contributed by atoms with E-state index in [1.807, 2.05) is 35.7 Å². The molecular weight excluding hydrogens is 452 g/mol. The molecule has 0 amide bonds. The van der Waals surface area contributed by atoms with E-state index in [9.17, 15) is 0 Å². The molecule has 5 aromatic rings. The van der Waals surface area contributed by atoms with Crippen molar-refractivity contribution in [2.24, 2.45) is 0 Å². The summed E-state index contributed by atoms with van der Waals surface area (Å²) in [4.78, 5) is 19.9. The zero-order valence-electron chi connectivity index (χ0n) is 19.4. The van der Waals surface area contributed by atoms with Crippen LogP contribution in [0.4, 0.5) is 0 Å². The van der Waals surface area contributed by atoms with Crippen molar-refractivity contribution in [3.8, 4) is 22.5 Å². The molecular formula is C28H26N6S. The van der Waals surface area contributed by atoms with Gasteiger partial charge >= 0.3 is 0 Å². The first-order valence-electron chi connectivity index (χ1n) is 11.8. The van der Waals surface area contributed by atoms with Crippen LogP contribution in [0.5, 0.6) is 0 Å².